The second-order valence-electron chi connectivity index (χ2n) is 5.03. The van der Waals surface area contributed by atoms with Gasteiger partial charge in [0.05, 0.1) is 5.69 Å². The minimum Gasteiger partial charge on any atom is -0.330 e. The second-order valence-corrected chi connectivity index (χ2v) is 5.03. The molecule has 4 nitrogen and oxygen atoms in total. The molecule has 0 saturated carbocycles. The molecule has 0 amide bonds. The van der Waals surface area contributed by atoms with Crippen LogP contribution in [0.3, 0.4) is 0 Å². The zero-order valence-corrected chi connectivity index (χ0v) is 11.9. The van der Waals surface area contributed by atoms with E-state index in [4.69, 9.17) is 5.73 Å². The predicted octanol–water partition coefficient (Wildman–Crippen LogP) is 1.81. The molecule has 1 rings (SSSR count). The van der Waals surface area contributed by atoms with Crippen LogP contribution in [0.4, 0.5) is 0 Å². The molecule has 102 valence electrons. The number of nitrogens with two attached hydrogens (primary N) is 1. The van der Waals surface area contributed by atoms with E-state index in [0.29, 0.717) is 18.9 Å². The van der Waals surface area contributed by atoms with Crippen LogP contribution in [0.15, 0.2) is 6.07 Å². The molecule has 18 heavy (non-hydrogen) atoms. The molecule has 0 aromatic carbocycles. The number of hydrogen-bond acceptors (Lipinski definition) is 3. The number of aryl methyl sites for hydroxylation is 2. The van der Waals surface area contributed by atoms with E-state index >= 15 is 0 Å². The van der Waals surface area contributed by atoms with E-state index < -0.39 is 0 Å². The van der Waals surface area contributed by atoms with E-state index in [9.17, 15) is 4.79 Å². The molecule has 0 saturated heterocycles. The second kappa shape index (κ2) is 6.69. The standard InChI is InChI=1S/C14H25N3O/c1-5-11-7-12(17(6-2)16-11)8-14(18)13(9-15)10(3)4/h7,10,13H,5-6,8-9,15H2,1-4H3. The largest absolute Gasteiger partial charge is 0.330 e. The minimum absolute atomic E-state index is 0.0460. The quantitative estimate of drug-likeness (QED) is 0.804. The van der Waals surface area contributed by atoms with Gasteiger partial charge in [-0.05, 0) is 25.3 Å². The van der Waals surface area contributed by atoms with Crippen molar-refractivity contribution in [3.63, 3.8) is 0 Å². The van der Waals surface area contributed by atoms with Crippen LogP contribution in [0, 0.1) is 11.8 Å². The van der Waals surface area contributed by atoms with E-state index in [2.05, 4.69) is 12.0 Å². The first kappa shape index (κ1) is 14.9. The zero-order chi connectivity index (χ0) is 13.7. The molecule has 2 N–H and O–H groups in total. The summed E-state index contributed by atoms with van der Waals surface area (Å²) in [6.45, 7) is 9.44. The van der Waals surface area contributed by atoms with Crippen LogP contribution in [0.25, 0.3) is 0 Å². The highest BCUT2D eigenvalue weighted by molar-refractivity contribution is 5.83. The van der Waals surface area contributed by atoms with Crippen LogP contribution >= 0.6 is 0 Å². The monoisotopic (exact) mass is 251 g/mol. The number of carbonyl (C=O) groups excluding carboxylic acids is 1. The van der Waals surface area contributed by atoms with Crippen molar-refractivity contribution in [2.75, 3.05) is 6.54 Å². The summed E-state index contributed by atoms with van der Waals surface area (Å²) in [6.07, 6.45) is 1.35. The van der Waals surface area contributed by atoms with Gasteiger partial charge in [-0.3, -0.25) is 9.48 Å². The fourth-order valence-electron chi connectivity index (χ4n) is 2.19. The van der Waals surface area contributed by atoms with Crippen molar-refractivity contribution in [2.45, 2.75) is 47.1 Å². The van der Waals surface area contributed by atoms with Gasteiger partial charge in [-0.15, -0.1) is 0 Å². The highest BCUT2D eigenvalue weighted by atomic mass is 16.1. The topological polar surface area (TPSA) is 60.9 Å². The number of ketones is 1. The number of hydrogen-bond donors (Lipinski definition) is 1. The predicted molar refractivity (Wildman–Crippen MR) is 73.4 cm³/mol. The Kier molecular flexibility index (Phi) is 5.54. The number of rotatable bonds is 7. The molecule has 0 aliphatic heterocycles. The third-order valence-electron chi connectivity index (χ3n) is 3.40. The van der Waals surface area contributed by atoms with Crippen LogP contribution in [0.5, 0.6) is 0 Å². The third kappa shape index (κ3) is 3.42. The molecule has 1 unspecified atom stereocenters. The van der Waals surface area contributed by atoms with E-state index in [1.807, 2.05) is 31.5 Å². The van der Waals surface area contributed by atoms with Crippen LogP contribution < -0.4 is 5.73 Å². The lowest BCUT2D eigenvalue weighted by Gasteiger charge is -2.17. The van der Waals surface area contributed by atoms with E-state index in [1.165, 1.54) is 0 Å². The Bertz CT molecular complexity index is 396. The van der Waals surface area contributed by atoms with Crippen LogP contribution in [0.2, 0.25) is 0 Å². The molecule has 1 aromatic rings. The molecule has 0 radical (unpaired) electrons. The Hall–Kier alpha value is -1.16. The smallest absolute Gasteiger partial charge is 0.143 e. The van der Waals surface area contributed by atoms with Gasteiger partial charge in [0.2, 0.25) is 0 Å². The number of aromatic nitrogens is 2. The first-order chi connectivity index (χ1) is 8.53. The summed E-state index contributed by atoms with van der Waals surface area (Å²) < 4.78 is 1.92. The lowest BCUT2D eigenvalue weighted by Crippen LogP contribution is -2.30. The van der Waals surface area contributed by atoms with Crippen molar-refractivity contribution in [2.24, 2.45) is 17.6 Å². The van der Waals surface area contributed by atoms with Gasteiger partial charge >= 0.3 is 0 Å². The van der Waals surface area contributed by atoms with Crippen molar-refractivity contribution in [3.8, 4) is 0 Å². The summed E-state index contributed by atoms with van der Waals surface area (Å²) >= 11 is 0. The summed E-state index contributed by atoms with van der Waals surface area (Å²) in [4.78, 5) is 12.2. The molecule has 0 spiro atoms. The fourth-order valence-corrected chi connectivity index (χ4v) is 2.19. The van der Waals surface area contributed by atoms with E-state index in [-0.39, 0.29) is 11.7 Å². The van der Waals surface area contributed by atoms with Gasteiger partial charge in [-0.1, -0.05) is 20.8 Å². The molecule has 4 heteroatoms. The maximum Gasteiger partial charge on any atom is 0.143 e. The Labute approximate surface area is 110 Å². The minimum atomic E-state index is -0.0460. The van der Waals surface area contributed by atoms with Crippen LogP contribution in [-0.2, 0) is 24.2 Å². The van der Waals surface area contributed by atoms with Gasteiger partial charge < -0.3 is 5.73 Å². The summed E-state index contributed by atoms with van der Waals surface area (Å²) in [7, 11) is 0. The molecule has 0 aliphatic rings. The molecule has 1 heterocycles. The maximum atomic E-state index is 12.2. The SMILES string of the molecule is CCc1cc(CC(=O)C(CN)C(C)C)n(CC)n1. The summed E-state index contributed by atoms with van der Waals surface area (Å²) in [5.41, 5.74) is 7.75. The molecule has 0 bridgehead atoms. The summed E-state index contributed by atoms with van der Waals surface area (Å²) in [6, 6.07) is 2.04. The van der Waals surface area contributed by atoms with Gasteiger partial charge in [0, 0.05) is 31.1 Å². The number of Topliss-reactive ketones (excluding diaryl/α,β-unsaturated/α-hetero) is 1. The van der Waals surface area contributed by atoms with Gasteiger partial charge in [0.15, 0.2) is 0 Å². The van der Waals surface area contributed by atoms with Gasteiger partial charge in [0.25, 0.3) is 0 Å². The van der Waals surface area contributed by atoms with Crippen molar-refractivity contribution in [1.29, 1.82) is 0 Å². The number of nitrogens with zero attached hydrogens (tertiary/aromatic N) is 2. The third-order valence-corrected chi connectivity index (χ3v) is 3.40. The van der Waals surface area contributed by atoms with Gasteiger partial charge in [-0.2, -0.15) is 5.10 Å². The Morgan fingerprint density at radius 2 is 2.11 bits per heavy atom. The first-order valence-electron chi connectivity index (χ1n) is 6.81. The fraction of sp³-hybridized carbons (Fsp3) is 0.714. The maximum absolute atomic E-state index is 12.2. The lowest BCUT2D eigenvalue weighted by atomic mass is 9.89. The summed E-state index contributed by atoms with van der Waals surface area (Å²) in [5, 5.41) is 4.46. The molecule has 0 fully saturated rings. The van der Waals surface area contributed by atoms with Crippen LogP contribution in [0.1, 0.15) is 39.1 Å². The van der Waals surface area contributed by atoms with Crippen molar-refractivity contribution in [3.05, 3.63) is 17.5 Å². The molecule has 1 aromatic heterocycles. The van der Waals surface area contributed by atoms with E-state index in [1.54, 1.807) is 0 Å². The average Bonchev–Trinajstić information content (AvgIpc) is 2.71. The average molecular weight is 251 g/mol. The van der Waals surface area contributed by atoms with Crippen molar-refractivity contribution >= 4 is 5.78 Å². The molecular weight excluding hydrogens is 226 g/mol. The Balaban J connectivity index is 2.83. The van der Waals surface area contributed by atoms with Crippen molar-refractivity contribution < 1.29 is 4.79 Å². The summed E-state index contributed by atoms with van der Waals surface area (Å²) in [5.74, 6) is 0.478. The van der Waals surface area contributed by atoms with Gasteiger partial charge in [0.1, 0.15) is 5.78 Å². The normalized spacial score (nSPS) is 13.0. The zero-order valence-electron chi connectivity index (χ0n) is 11.9. The number of carbonyl (C=O) groups is 1. The van der Waals surface area contributed by atoms with Crippen LogP contribution in [-0.4, -0.2) is 22.1 Å². The molecule has 0 aliphatic carbocycles. The Morgan fingerprint density at radius 1 is 1.44 bits per heavy atom. The lowest BCUT2D eigenvalue weighted by molar-refractivity contribution is -0.123. The Morgan fingerprint density at radius 3 is 2.56 bits per heavy atom. The van der Waals surface area contributed by atoms with E-state index in [0.717, 1.165) is 24.4 Å². The first-order valence-corrected chi connectivity index (χ1v) is 6.81. The van der Waals surface area contributed by atoms with Crippen molar-refractivity contribution in [1.82, 2.24) is 9.78 Å². The molecular formula is C14H25N3O. The molecule has 1 atom stereocenters. The highest BCUT2D eigenvalue weighted by Gasteiger charge is 2.22. The van der Waals surface area contributed by atoms with Gasteiger partial charge in [-0.25, -0.2) is 0 Å². The highest BCUT2D eigenvalue weighted by Crippen LogP contribution is 2.15.